The van der Waals surface area contributed by atoms with Gasteiger partial charge in [-0.05, 0) is 0 Å². The second kappa shape index (κ2) is 9.27. The van der Waals surface area contributed by atoms with Gasteiger partial charge in [0.2, 0.25) is 23.4 Å². The number of nitrogens with two attached hydrogens (primary N) is 2. The zero-order valence-electron chi connectivity index (χ0n) is 12.4. The van der Waals surface area contributed by atoms with Gasteiger partial charge in [-0.1, -0.05) is 0 Å². The fourth-order valence-electron chi connectivity index (χ4n) is 1.70. The number of Topliss-reactive ketones (excluding diaryl/α,β-unsaturated/α-hetero) is 2. The first-order chi connectivity index (χ1) is 10.5. The van der Waals surface area contributed by atoms with E-state index in [0.29, 0.717) is 0 Å². The predicted octanol–water partition coefficient (Wildman–Crippen LogP) is -5.09. The molecule has 0 aliphatic rings. The van der Waals surface area contributed by atoms with Gasteiger partial charge in [0.25, 0.3) is 0 Å². The van der Waals surface area contributed by atoms with E-state index in [9.17, 15) is 34.5 Å². The van der Waals surface area contributed by atoms with Crippen LogP contribution < -0.4 is 16.8 Å². The Morgan fingerprint density at radius 1 is 1.04 bits per heavy atom. The van der Waals surface area contributed by atoms with E-state index in [-0.39, 0.29) is 0 Å². The summed E-state index contributed by atoms with van der Waals surface area (Å²) < 4.78 is 0. The number of hydrogen-bond acceptors (Lipinski definition) is 9. The average Bonchev–Trinajstić information content (AvgIpc) is 2.47. The number of hydrogen-bond donors (Lipinski definition) is 7. The fraction of sp³-hybridized carbons (Fsp3) is 0.667. The van der Waals surface area contributed by atoms with Crippen molar-refractivity contribution in [1.82, 2.24) is 5.32 Å². The van der Waals surface area contributed by atoms with E-state index in [4.69, 9.17) is 16.6 Å². The molecule has 0 fully saturated rings. The molecule has 0 aromatic heterocycles. The van der Waals surface area contributed by atoms with Crippen LogP contribution in [0.1, 0.15) is 13.3 Å². The van der Waals surface area contributed by atoms with Gasteiger partial charge in [-0.3, -0.25) is 19.2 Å². The summed E-state index contributed by atoms with van der Waals surface area (Å²) in [5.74, 6) is -4.44. The minimum atomic E-state index is -2.10. The van der Waals surface area contributed by atoms with Crippen LogP contribution in [-0.2, 0) is 19.2 Å². The third-order valence-corrected chi connectivity index (χ3v) is 2.91. The molecule has 0 aliphatic carbocycles. The molecule has 0 spiro atoms. The number of ketones is 2. The summed E-state index contributed by atoms with van der Waals surface area (Å²) in [7, 11) is 0. The summed E-state index contributed by atoms with van der Waals surface area (Å²) in [5.41, 5.74) is 10.2. The molecule has 0 aromatic carbocycles. The third-order valence-electron chi connectivity index (χ3n) is 2.91. The van der Waals surface area contributed by atoms with Gasteiger partial charge in [-0.15, -0.1) is 0 Å². The molecule has 0 aliphatic heterocycles. The van der Waals surface area contributed by atoms with E-state index in [1.165, 1.54) is 0 Å². The third kappa shape index (κ3) is 6.38. The van der Waals surface area contributed by atoms with E-state index in [1.807, 2.05) is 5.32 Å². The molecule has 0 bridgehead atoms. The largest absolute Gasteiger partial charge is 0.394 e. The van der Waals surface area contributed by atoms with Crippen LogP contribution >= 0.6 is 0 Å². The Bertz CT molecular complexity index is 469. The van der Waals surface area contributed by atoms with Crippen LogP contribution in [0.2, 0.25) is 0 Å². The van der Waals surface area contributed by atoms with E-state index in [1.54, 1.807) is 0 Å². The van der Waals surface area contributed by atoms with Gasteiger partial charge in [0, 0.05) is 13.3 Å². The van der Waals surface area contributed by atoms with Crippen LogP contribution in [0.3, 0.4) is 0 Å². The molecular formula is C12H21N3O8. The quantitative estimate of drug-likeness (QED) is 0.190. The summed E-state index contributed by atoms with van der Waals surface area (Å²) in [6.45, 7) is 0.0456. The Hall–Kier alpha value is -1.92. The first kappa shape index (κ1) is 21.1. The lowest BCUT2D eigenvalue weighted by molar-refractivity contribution is -0.146. The van der Waals surface area contributed by atoms with E-state index >= 15 is 0 Å². The molecule has 2 amide bonds. The molecule has 132 valence electrons. The van der Waals surface area contributed by atoms with Crippen molar-refractivity contribution in [2.24, 2.45) is 11.5 Å². The van der Waals surface area contributed by atoms with Crippen LogP contribution in [0.4, 0.5) is 0 Å². The van der Waals surface area contributed by atoms with Gasteiger partial charge >= 0.3 is 0 Å². The molecule has 11 heteroatoms. The highest BCUT2D eigenvalue weighted by Gasteiger charge is 2.40. The smallest absolute Gasteiger partial charge is 0.225 e. The van der Waals surface area contributed by atoms with Crippen LogP contribution in [0, 0.1) is 0 Å². The summed E-state index contributed by atoms with van der Waals surface area (Å²) in [6.07, 6.45) is -6.57. The number of rotatable bonds is 10. The first-order valence-corrected chi connectivity index (χ1v) is 6.57. The highest BCUT2D eigenvalue weighted by atomic mass is 16.4. The zero-order valence-corrected chi connectivity index (χ0v) is 12.4. The number of primary amides is 1. The van der Waals surface area contributed by atoms with Crippen molar-refractivity contribution in [2.45, 2.75) is 43.7 Å². The molecule has 0 heterocycles. The first-order valence-electron chi connectivity index (χ1n) is 6.57. The highest BCUT2D eigenvalue weighted by molar-refractivity contribution is 6.41. The second-order valence-corrected chi connectivity index (χ2v) is 4.91. The molecular weight excluding hydrogens is 314 g/mol. The highest BCUT2D eigenvalue weighted by Crippen LogP contribution is 2.08. The van der Waals surface area contributed by atoms with Crippen LogP contribution in [0.5, 0.6) is 0 Å². The number of aliphatic hydroxyl groups excluding tert-OH is 4. The average molecular weight is 335 g/mol. The maximum Gasteiger partial charge on any atom is 0.225 e. The van der Waals surface area contributed by atoms with Crippen molar-refractivity contribution in [3.8, 4) is 0 Å². The van der Waals surface area contributed by atoms with Crippen molar-refractivity contribution >= 4 is 23.4 Å². The summed E-state index contributed by atoms with van der Waals surface area (Å²) in [5, 5.41) is 39.4. The van der Waals surface area contributed by atoms with Crippen molar-refractivity contribution in [3.63, 3.8) is 0 Å². The Morgan fingerprint density at radius 3 is 1.96 bits per heavy atom. The lowest BCUT2D eigenvalue weighted by Crippen LogP contribution is -2.59. The van der Waals surface area contributed by atoms with Gasteiger partial charge in [-0.25, -0.2) is 0 Å². The van der Waals surface area contributed by atoms with Crippen molar-refractivity contribution in [1.29, 1.82) is 0 Å². The lowest BCUT2D eigenvalue weighted by Gasteiger charge is -2.28. The predicted molar refractivity (Wildman–Crippen MR) is 74.5 cm³/mol. The standard InChI is InChI=1S/C12H21N3O8/c1-4(17)15-8(12(23)10(21)6(18)3-16)11(22)9(20)5(13)2-7(14)19/h5-6,8,10,12,16,18,21,23H,2-3,13H2,1H3,(H2,14,19)(H,15,17)/t5-,6+,8-,10+,12+/m0/s1. The molecule has 0 rings (SSSR count). The van der Waals surface area contributed by atoms with Gasteiger partial charge < -0.3 is 37.2 Å². The topological polar surface area (TPSA) is 213 Å². The molecule has 9 N–H and O–H groups in total. The monoisotopic (exact) mass is 335 g/mol. The summed E-state index contributed by atoms with van der Waals surface area (Å²) in [4.78, 5) is 45.7. The van der Waals surface area contributed by atoms with E-state index in [2.05, 4.69) is 0 Å². The Kier molecular flexibility index (Phi) is 8.50. The Morgan fingerprint density at radius 2 is 1.57 bits per heavy atom. The normalized spacial score (nSPS) is 17.5. The zero-order chi connectivity index (χ0) is 18.3. The molecule has 0 aromatic rings. The Labute approximate surface area is 131 Å². The van der Waals surface area contributed by atoms with Gasteiger partial charge in [0.1, 0.15) is 24.4 Å². The molecule has 0 radical (unpaired) electrons. The van der Waals surface area contributed by atoms with E-state index in [0.717, 1.165) is 6.92 Å². The molecule has 0 saturated carbocycles. The molecule has 0 unspecified atom stereocenters. The van der Waals surface area contributed by atoms with Crippen LogP contribution in [-0.4, -0.2) is 80.8 Å². The van der Waals surface area contributed by atoms with Gasteiger partial charge in [-0.2, -0.15) is 0 Å². The minimum absolute atomic E-state index is 0.630. The van der Waals surface area contributed by atoms with Crippen molar-refractivity contribution in [3.05, 3.63) is 0 Å². The van der Waals surface area contributed by atoms with Crippen LogP contribution in [0.15, 0.2) is 0 Å². The molecule has 23 heavy (non-hydrogen) atoms. The number of carbonyl (C=O) groups is 4. The number of nitrogens with one attached hydrogen (secondary N) is 1. The van der Waals surface area contributed by atoms with Gasteiger partial charge in [0.05, 0.1) is 12.6 Å². The van der Waals surface area contributed by atoms with Crippen molar-refractivity contribution < 1.29 is 39.6 Å². The number of aliphatic hydroxyl groups is 4. The lowest BCUT2D eigenvalue weighted by atomic mass is 9.93. The van der Waals surface area contributed by atoms with Crippen LogP contribution in [0.25, 0.3) is 0 Å². The number of carbonyl (C=O) groups excluding carboxylic acids is 4. The Balaban J connectivity index is 5.30. The second-order valence-electron chi connectivity index (χ2n) is 4.91. The molecule has 0 saturated heterocycles. The fourth-order valence-corrected chi connectivity index (χ4v) is 1.70. The summed E-state index contributed by atoms with van der Waals surface area (Å²) in [6, 6.07) is -3.50. The van der Waals surface area contributed by atoms with Crippen molar-refractivity contribution in [2.75, 3.05) is 6.61 Å². The maximum atomic E-state index is 12.0. The summed E-state index contributed by atoms with van der Waals surface area (Å²) >= 11 is 0. The number of amides is 2. The minimum Gasteiger partial charge on any atom is -0.394 e. The van der Waals surface area contributed by atoms with E-state index < -0.39 is 66.8 Å². The molecule has 5 atom stereocenters. The SMILES string of the molecule is CC(=O)N[C@@H](C(=O)C(=O)[C@@H](N)CC(N)=O)[C@@H](O)[C@H](O)[C@H](O)CO. The molecule has 11 nitrogen and oxygen atoms in total. The maximum absolute atomic E-state index is 12.0. The van der Waals surface area contributed by atoms with Gasteiger partial charge in [0.15, 0.2) is 0 Å².